The fourth-order valence-electron chi connectivity index (χ4n) is 3.13. The van der Waals surface area contributed by atoms with Gasteiger partial charge in [0.25, 0.3) is 5.56 Å². The number of hydrogen-bond donors (Lipinski definition) is 3. The van der Waals surface area contributed by atoms with Gasteiger partial charge in [0.05, 0.1) is 18.7 Å². The molecule has 0 radical (unpaired) electrons. The predicted molar refractivity (Wildman–Crippen MR) is 94.8 cm³/mol. The van der Waals surface area contributed by atoms with Crippen LogP contribution in [0.25, 0.3) is 0 Å². The second-order valence-corrected chi connectivity index (χ2v) is 6.08. The first-order valence-corrected chi connectivity index (χ1v) is 8.62. The molecule has 1 aliphatic heterocycles. The van der Waals surface area contributed by atoms with Gasteiger partial charge in [0, 0.05) is 17.9 Å². The topological polar surface area (TPSA) is 136 Å². The molecule has 0 saturated heterocycles. The summed E-state index contributed by atoms with van der Waals surface area (Å²) in [6.45, 7) is 2.80. The molecular formula is C18H21N3O6. The lowest BCUT2D eigenvalue weighted by atomic mass is 9.87. The van der Waals surface area contributed by atoms with Gasteiger partial charge in [-0.3, -0.25) is 19.5 Å². The summed E-state index contributed by atoms with van der Waals surface area (Å²) in [4.78, 5) is 35.9. The van der Waals surface area contributed by atoms with Gasteiger partial charge >= 0.3 is 5.97 Å². The highest BCUT2D eigenvalue weighted by Gasteiger charge is 2.27. The Morgan fingerprint density at radius 2 is 1.96 bits per heavy atom. The van der Waals surface area contributed by atoms with E-state index in [2.05, 4.69) is 10.2 Å². The minimum atomic E-state index is -0.641. The molecule has 144 valence electrons. The lowest BCUT2D eigenvalue weighted by Crippen LogP contribution is -2.22. The number of nitrogens with two attached hydrogens (primary N) is 1. The molecule has 1 aromatic heterocycles. The molecule has 1 aliphatic rings. The third kappa shape index (κ3) is 4.13. The predicted octanol–water partition coefficient (Wildman–Crippen LogP) is 0.587. The standard InChI is InChI=1S/C18H21N3O6/c1-2-25-16(23)9-12-17(18(24)21-20-12)11(8-15(19)22)10-3-4-13-14(7-10)27-6-5-26-13/h3-4,7,11H,2,5-6,8-9H2,1H3,(H2,19,22)(H2,20,21,24). The first-order chi connectivity index (χ1) is 13.0. The van der Waals surface area contributed by atoms with E-state index in [-0.39, 0.29) is 25.0 Å². The quantitative estimate of drug-likeness (QED) is 0.606. The number of rotatable bonds is 7. The largest absolute Gasteiger partial charge is 0.486 e. The van der Waals surface area contributed by atoms with Crippen LogP contribution in [0.4, 0.5) is 0 Å². The van der Waals surface area contributed by atoms with E-state index < -0.39 is 23.4 Å². The normalized spacial score (nSPS) is 13.8. The fourth-order valence-corrected chi connectivity index (χ4v) is 3.13. The van der Waals surface area contributed by atoms with Crippen LogP contribution >= 0.6 is 0 Å². The van der Waals surface area contributed by atoms with Crippen LogP contribution in [0.3, 0.4) is 0 Å². The minimum absolute atomic E-state index is 0.101. The van der Waals surface area contributed by atoms with Crippen LogP contribution in [0, 0.1) is 0 Å². The SMILES string of the molecule is CCOC(=O)Cc1[nH][nH]c(=O)c1C(CC(N)=O)c1ccc2c(c1)OCCO2. The molecule has 0 aliphatic carbocycles. The summed E-state index contributed by atoms with van der Waals surface area (Å²) in [5.41, 5.74) is 6.29. The van der Waals surface area contributed by atoms with Crippen LogP contribution in [0.1, 0.15) is 36.1 Å². The fraction of sp³-hybridized carbons (Fsp3) is 0.389. The number of esters is 1. The summed E-state index contributed by atoms with van der Waals surface area (Å²) < 4.78 is 16.0. The average molecular weight is 375 g/mol. The Balaban J connectivity index is 2.01. The lowest BCUT2D eigenvalue weighted by Gasteiger charge is -2.21. The highest BCUT2D eigenvalue weighted by atomic mass is 16.6. The summed E-state index contributed by atoms with van der Waals surface area (Å²) >= 11 is 0. The number of aromatic amines is 2. The minimum Gasteiger partial charge on any atom is -0.486 e. The maximum Gasteiger partial charge on any atom is 0.311 e. The number of primary amides is 1. The third-order valence-electron chi connectivity index (χ3n) is 4.25. The molecule has 3 rings (SSSR count). The molecule has 0 spiro atoms. The van der Waals surface area contributed by atoms with Crippen molar-refractivity contribution in [2.75, 3.05) is 19.8 Å². The number of carbonyl (C=O) groups excluding carboxylic acids is 2. The summed E-state index contributed by atoms with van der Waals surface area (Å²) in [5.74, 6) is -0.561. The van der Waals surface area contributed by atoms with Crippen molar-refractivity contribution in [1.29, 1.82) is 0 Å². The van der Waals surface area contributed by atoms with Crippen molar-refractivity contribution in [2.45, 2.75) is 25.7 Å². The molecule has 4 N–H and O–H groups in total. The molecule has 1 atom stereocenters. The number of carbonyl (C=O) groups is 2. The van der Waals surface area contributed by atoms with E-state index in [4.69, 9.17) is 19.9 Å². The van der Waals surface area contributed by atoms with Crippen LogP contribution in [0.5, 0.6) is 11.5 Å². The summed E-state index contributed by atoms with van der Waals surface area (Å²) in [5, 5.41) is 5.18. The Kier molecular flexibility index (Phi) is 5.49. The van der Waals surface area contributed by atoms with Gasteiger partial charge in [-0.05, 0) is 24.6 Å². The van der Waals surface area contributed by atoms with E-state index in [0.717, 1.165) is 0 Å². The van der Waals surface area contributed by atoms with Crippen LogP contribution in [-0.2, 0) is 20.7 Å². The lowest BCUT2D eigenvalue weighted by molar-refractivity contribution is -0.142. The Hall–Kier alpha value is -3.23. The average Bonchev–Trinajstić information content (AvgIpc) is 2.99. The molecular weight excluding hydrogens is 354 g/mol. The molecule has 1 unspecified atom stereocenters. The number of fused-ring (bicyclic) bond motifs is 1. The second kappa shape index (κ2) is 7.98. The van der Waals surface area contributed by atoms with Gasteiger partial charge in [0.2, 0.25) is 5.91 Å². The molecule has 1 aromatic carbocycles. The van der Waals surface area contributed by atoms with Gasteiger partial charge in [0.15, 0.2) is 11.5 Å². The van der Waals surface area contributed by atoms with E-state index >= 15 is 0 Å². The molecule has 0 bridgehead atoms. The number of aromatic nitrogens is 2. The zero-order chi connectivity index (χ0) is 19.4. The molecule has 2 aromatic rings. The number of amides is 1. The van der Waals surface area contributed by atoms with Gasteiger partial charge in [0.1, 0.15) is 13.2 Å². The van der Waals surface area contributed by atoms with Crippen LogP contribution in [0.15, 0.2) is 23.0 Å². The van der Waals surface area contributed by atoms with E-state index in [9.17, 15) is 14.4 Å². The number of nitrogens with one attached hydrogen (secondary N) is 2. The monoisotopic (exact) mass is 375 g/mol. The maximum atomic E-state index is 12.4. The number of benzene rings is 1. The van der Waals surface area contributed by atoms with Crippen molar-refractivity contribution in [1.82, 2.24) is 10.2 Å². The number of hydrogen-bond acceptors (Lipinski definition) is 6. The highest BCUT2D eigenvalue weighted by Crippen LogP contribution is 2.36. The third-order valence-corrected chi connectivity index (χ3v) is 4.25. The van der Waals surface area contributed by atoms with E-state index in [1.54, 1.807) is 25.1 Å². The molecule has 0 fully saturated rings. The van der Waals surface area contributed by atoms with E-state index in [0.29, 0.717) is 36.0 Å². The second-order valence-electron chi connectivity index (χ2n) is 6.08. The zero-order valence-electron chi connectivity index (χ0n) is 14.9. The summed E-state index contributed by atoms with van der Waals surface area (Å²) in [6, 6.07) is 5.20. The Morgan fingerprint density at radius 3 is 2.67 bits per heavy atom. The molecule has 9 heteroatoms. The van der Waals surface area contributed by atoms with E-state index in [1.807, 2.05) is 0 Å². The van der Waals surface area contributed by atoms with Crippen molar-refractivity contribution in [2.24, 2.45) is 5.73 Å². The Bertz CT molecular complexity index is 901. The molecule has 2 heterocycles. The van der Waals surface area contributed by atoms with Gasteiger partial charge in [-0.15, -0.1) is 0 Å². The van der Waals surface area contributed by atoms with Gasteiger partial charge in [-0.1, -0.05) is 6.07 Å². The smallest absolute Gasteiger partial charge is 0.311 e. The summed E-state index contributed by atoms with van der Waals surface area (Å²) in [6.07, 6.45) is -0.224. The maximum absolute atomic E-state index is 12.4. The molecule has 27 heavy (non-hydrogen) atoms. The van der Waals surface area contributed by atoms with Gasteiger partial charge in [-0.25, -0.2) is 0 Å². The first kappa shape index (κ1) is 18.6. The highest BCUT2D eigenvalue weighted by molar-refractivity contribution is 5.76. The summed E-state index contributed by atoms with van der Waals surface area (Å²) in [7, 11) is 0. The molecule has 0 saturated carbocycles. The van der Waals surface area contributed by atoms with Crippen molar-refractivity contribution < 1.29 is 23.8 Å². The van der Waals surface area contributed by atoms with Crippen LogP contribution in [0.2, 0.25) is 0 Å². The van der Waals surface area contributed by atoms with Crippen molar-refractivity contribution >= 4 is 11.9 Å². The Labute approximate surface area is 154 Å². The van der Waals surface area contributed by atoms with E-state index in [1.165, 1.54) is 0 Å². The molecule has 1 amide bonds. The number of ether oxygens (including phenoxy) is 3. The Morgan fingerprint density at radius 1 is 1.22 bits per heavy atom. The van der Waals surface area contributed by atoms with Gasteiger partial charge < -0.3 is 25.0 Å². The van der Waals surface area contributed by atoms with Crippen molar-refractivity contribution in [3.05, 3.63) is 45.4 Å². The molecule has 9 nitrogen and oxygen atoms in total. The number of H-pyrrole nitrogens is 2. The van der Waals surface area contributed by atoms with Gasteiger partial charge in [-0.2, -0.15) is 0 Å². The van der Waals surface area contributed by atoms with Crippen LogP contribution in [-0.4, -0.2) is 41.9 Å². The zero-order valence-corrected chi connectivity index (χ0v) is 14.9. The van der Waals surface area contributed by atoms with Crippen molar-refractivity contribution in [3.63, 3.8) is 0 Å². The van der Waals surface area contributed by atoms with Crippen LogP contribution < -0.4 is 20.8 Å². The first-order valence-electron chi connectivity index (χ1n) is 8.62. The van der Waals surface area contributed by atoms with Crippen molar-refractivity contribution in [3.8, 4) is 11.5 Å².